The first-order chi connectivity index (χ1) is 56.0. The molecule has 0 bridgehead atoms. The molecule has 0 fully saturated rings. The van der Waals surface area contributed by atoms with Gasteiger partial charge in [0.25, 0.3) is 0 Å². The topological polar surface area (TPSA) is 24.3 Å². The van der Waals surface area contributed by atoms with Gasteiger partial charge in [0.15, 0.2) is 0 Å². The molecule has 0 aliphatic heterocycles. The molecule has 2 aliphatic carbocycles. The highest BCUT2D eigenvalue weighted by molar-refractivity contribution is 9.11. The Morgan fingerprint density at radius 3 is 1.30 bits per heavy atom. The Morgan fingerprint density at radius 2 is 0.667 bits per heavy atom. The average Bonchev–Trinajstić information content (AvgIpc) is 1.51. The SMILES string of the molecule is Brc1ccc(-c2ccccc2)cc1.Brc1ccc(N(c2ccccc2)c2ccccn2)cc1.Brc1ccc2c(c1)C1(c3ccccc3-c3ccccc31)c1cc(N(c3ccccc3)c3ccc4c(c3)c3ccccc3n4-c3ccccc3)ccc1-2.Brc1ccc2ccccc2c1.Brc1cccc2ccccc12.Brc1ccccc1. The smallest absolute Gasteiger partial charge is 0.137 e. The number of benzene rings is 17. The van der Waals surface area contributed by atoms with Crippen LogP contribution in [0.2, 0.25) is 0 Å². The summed E-state index contributed by atoms with van der Waals surface area (Å²) in [6.45, 7) is 0. The maximum absolute atomic E-state index is 4.47. The summed E-state index contributed by atoms with van der Waals surface area (Å²) in [5.74, 6) is 0.904. The maximum Gasteiger partial charge on any atom is 0.137 e. The molecule has 0 saturated carbocycles. The highest BCUT2D eigenvalue weighted by atomic mass is 79.9. The van der Waals surface area contributed by atoms with Gasteiger partial charge in [-0.25, -0.2) is 4.98 Å². The van der Waals surface area contributed by atoms with Crippen LogP contribution >= 0.6 is 95.6 Å². The second-order valence-electron chi connectivity index (χ2n) is 27.3. The molecule has 0 radical (unpaired) electrons. The lowest BCUT2D eigenvalue weighted by molar-refractivity contribution is 0.793. The van der Waals surface area contributed by atoms with Crippen LogP contribution in [-0.4, -0.2) is 9.55 Å². The first-order valence-electron chi connectivity index (χ1n) is 37.4. The van der Waals surface area contributed by atoms with Crippen LogP contribution in [0.1, 0.15) is 22.3 Å². The molecule has 2 heterocycles. The van der Waals surface area contributed by atoms with Crippen molar-refractivity contribution in [3.63, 3.8) is 0 Å². The predicted octanol–water partition coefficient (Wildman–Crippen LogP) is 32.4. The van der Waals surface area contributed by atoms with Crippen molar-refractivity contribution in [2.24, 2.45) is 0 Å². The third-order valence-corrected chi connectivity index (χ3v) is 23.6. The Morgan fingerprint density at radius 1 is 0.237 bits per heavy atom. The van der Waals surface area contributed by atoms with Crippen LogP contribution in [0, 0.1) is 0 Å². The lowest BCUT2D eigenvalue weighted by Crippen LogP contribution is -2.26. The maximum atomic E-state index is 4.47. The van der Waals surface area contributed by atoms with Gasteiger partial charge in [-0.05, 0) is 241 Å². The standard InChI is InChI=1S/C49H31BrN2.C17H13BrN2.C12H9Br.2C10H7Br.C6H5Br/c50-32-23-26-39-40-27-24-36(31-46(40)49(45(39)29-32)43-20-10-7-17-37(43)38-18-8-11-21-44(38)49)51(33-13-3-1-4-14-33)35-25-28-48-42(30-35)41-19-9-12-22-47(41)52(48)34-15-5-2-6-16-34;18-14-9-11-16(12-10-14)20(15-6-2-1-3-7-15)17-8-4-5-13-19-17;13-12-8-6-11(7-9-12)10-4-2-1-3-5-10;11-10-7-3-5-8-4-1-2-6-9(8)10;11-10-6-5-8-3-1-2-4-9(8)7-10;7-6-4-2-1-3-5-6/h1-31H;1-13H;1-9H;2*1-7H;1-5H. The number of hydrogen-bond acceptors (Lipinski definition) is 3. The van der Waals surface area contributed by atoms with Gasteiger partial charge in [0, 0.05) is 77.9 Å². The fourth-order valence-corrected chi connectivity index (χ4v) is 17.4. The summed E-state index contributed by atoms with van der Waals surface area (Å²) in [7, 11) is 0. The number of anilines is 6. The fraction of sp³-hybridized carbons (Fsp3) is 0.00962. The highest BCUT2D eigenvalue weighted by Crippen LogP contribution is 2.64. The van der Waals surface area contributed by atoms with E-state index in [2.05, 4.69) is 449 Å². The van der Waals surface area contributed by atoms with E-state index >= 15 is 0 Å². The highest BCUT2D eigenvalue weighted by Gasteiger charge is 2.52. The van der Waals surface area contributed by atoms with Gasteiger partial charge in [-0.15, -0.1) is 0 Å². The van der Waals surface area contributed by atoms with Crippen LogP contribution in [0.3, 0.4) is 0 Å². The zero-order valence-electron chi connectivity index (χ0n) is 61.6. The molecule has 550 valence electrons. The molecular formula is C104H72Br6N4. The van der Waals surface area contributed by atoms with E-state index in [0.29, 0.717) is 0 Å². The van der Waals surface area contributed by atoms with Crippen LogP contribution in [-0.2, 0) is 5.41 Å². The number of hydrogen-bond donors (Lipinski definition) is 0. The van der Waals surface area contributed by atoms with E-state index in [1.807, 2.05) is 103 Å². The number of rotatable bonds is 8. The van der Waals surface area contributed by atoms with Crippen molar-refractivity contribution in [3.8, 4) is 39.1 Å². The van der Waals surface area contributed by atoms with Crippen molar-refractivity contribution < 1.29 is 0 Å². The number of aromatic nitrogens is 2. The molecule has 0 saturated heterocycles. The van der Waals surface area contributed by atoms with Gasteiger partial charge < -0.3 is 9.47 Å². The van der Waals surface area contributed by atoms with Gasteiger partial charge in [-0.1, -0.05) is 362 Å². The quantitative estimate of drug-likeness (QED) is 0.152. The molecule has 0 unspecified atom stereocenters. The summed E-state index contributed by atoms with van der Waals surface area (Å²) >= 11 is 21.0. The summed E-state index contributed by atoms with van der Waals surface area (Å²) in [5, 5.41) is 7.59. The van der Waals surface area contributed by atoms with Crippen LogP contribution in [0.15, 0.2) is 464 Å². The number of halogens is 6. The van der Waals surface area contributed by atoms with Crippen LogP contribution in [0.25, 0.3) is 82.4 Å². The monoisotopic (exact) mass is 1850 g/mol. The Bertz CT molecular complexity index is 6390. The minimum Gasteiger partial charge on any atom is -0.310 e. The van der Waals surface area contributed by atoms with Crippen LogP contribution in [0.5, 0.6) is 0 Å². The molecule has 1 spiro atoms. The molecule has 2 aliphatic rings. The van der Waals surface area contributed by atoms with Crippen molar-refractivity contribution in [2.45, 2.75) is 5.41 Å². The summed E-state index contributed by atoms with van der Waals surface area (Å²) in [6.07, 6.45) is 1.81. The number of nitrogens with zero attached hydrogens (tertiary/aromatic N) is 4. The van der Waals surface area contributed by atoms with Crippen molar-refractivity contribution in [1.29, 1.82) is 0 Å². The molecule has 10 heteroatoms. The molecule has 0 N–H and O–H groups in total. The molecule has 19 aromatic rings. The molecule has 17 aromatic carbocycles. The minimum absolute atomic E-state index is 0.437. The first-order valence-corrected chi connectivity index (χ1v) is 42.2. The van der Waals surface area contributed by atoms with Gasteiger partial charge >= 0.3 is 0 Å². The third kappa shape index (κ3) is 16.6. The Hall–Kier alpha value is -11.3. The minimum atomic E-state index is -0.437. The Balaban J connectivity index is 0.000000127. The van der Waals surface area contributed by atoms with Crippen molar-refractivity contribution in [2.75, 3.05) is 9.80 Å². The van der Waals surface area contributed by atoms with Crippen molar-refractivity contribution >= 4 is 173 Å². The van der Waals surface area contributed by atoms with Crippen LogP contribution < -0.4 is 9.80 Å². The molecule has 21 rings (SSSR count). The lowest BCUT2D eigenvalue weighted by atomic mass is 9.70. The summed E-state index contributed by atoms with van der Waals surface area (Å²) < 4.78 is 9.09. The van der Waals surface area contributed by atoms with E-state index < -0.39 is 5.41 Å². The average molecular weight is 1860 g/mol. The zero-order valence-corrected chi connectivity index (χ0v) is 71.1. The lowest BCUT2D eigenvalue weighted by Gasteiger charge is -2.32. The van der Waals surface area contributed by atoms with Gasteiger partial charge in [0.05, 0.1) is 16.4 Å². The van der Waals surface area contributed by atoms with E-state index in [-0.39, 0.29) is 0 Å². The van der Waals surface area contributed by atoms with E-state index in [4.69, 9.17) is 0 Å². The summed E-state index contributed by atoms with van der Waals surface area (Å²) in [5.41, 5.74) is 21.7. The van der Waals surface area contributed by atoms with Gasteiger partial charge in [-0.3, -0.25) is 4.90 Å². The van der Waals surface area contributed by atoms with E-state index in [9.17, 15) is 0 Å². The normalized spacial score (nSPS) is 11.5. The van der Waals surface area contributed by atoms with E-state index in [1.54, 1.807) is 0 Å². The first kappa shape index (κ1) is 76.7. The summed E-state index contributed by atoms with van der Waals surface area (Å²) in [4.78, 5) is 9.02. The van der Waals surface area contributed by atoms with Crippen molar-refractivity contribution in [3.05, 3.63) is 486 Å². The molecule has 4 nitrogen and oxygen atoms in total. The number of para-hydroxylation sites is 4. The zero-order chi connectivity index (χ0) is 77.7. The van der Waals surface area contributed by atoms with Gasteiger partial charge in [-0.2, -0.15) is 0 Å². The Labute approximate surface area is 716 Å². The molecular weight excluding hydrogens is 1780 g/mol. The van der Waals surface area contributed by atoms with E-state index in [1.165, 1.54) is 99.0 Å². The predicted molar refractivity (Wildman–Crippen MR) is 503 cm³/mol. The Kier molecular flexibility index (Phi) is 24.1. The second-order valence-corrected chi connectivity index (χ2v) is 32.7. The van der Waals surface area contributed by atoms with Gasteiger partial charge in [0.1, 0.15) is 5.82 Å². The molecule has 0 amide bonds. The number of fused-ring (bicyclic) bond motifs is 15. The molecule has 0 atom stereocenters. The van der Waals surface area contributed by atoms with E-state index in [0.717, 1.165) is 66.8 Å². The molecule has 114 heavy (non-hydrogen) atoms. The molecule has 2 aromatic heterocycles. The largest absolute Gasteiger partial charge is 0.310 e. The number of pyridine rings is 1. The van der Waals surface area contributed by atoms with Crippen molar-refractivity contribution in [1.82, 2.24) is 9.55 Å². The third-order valence-electron chi connectivity index (χ3n) is 20.3. The summed E-state index contributed by atoms with van der Waals surface area (Å²) in [6, 6.07) is 151. The second kappa shape index (κ2) is 35.8. The van der Waals surface area contributed by atoms with Crippen LogP contribution in [0.4, 0.5) is 34.3 Å². The fourth-order valence-electron chi connectivity index (χ4n) is 15.3. The van der Waals surface area contributed by atoms with Gasteiger partial charge in [0.2, 0.25) is 0 Å².